The second-order valence-electron chi connectivity index (χ2n) is 7.52. The van der Waals surface area contributed by atoms with Crippen molar-refractivity contribution in [3.8, 4) is 28.6 Å². The summed E-state index contributed by atoms with van der Waals surface area (Å²) in [7, 11) is 0. The minimum Gasteiger partial charge on any atom is -0.508 e. The maximum absolute atomic E-state index is 12.5. The van der Waals surface area contributed by atoms with Crippen molar-refractivity contribution in [2.24, 2.45) is 0 Å². The third-order valence-corrected chi connectivity index (χ3v) is 4.71. The molecule has 2 aromatic carbocycles. The van der Waals surface area contributed by atoms with E-state index in [0.29, 0.717) is 23.7 Å². The van der Waals surface area contributed by atoms with Crippen LogP contribution in [0.3, 0.4) is 0 Å². The van der Waals surface area contributed by atoms with Crippen LogP contribution in [0.25, 0.3) is 22.3 Å². The van der Waals surface area contributed by atoms with Crippen molar-refractivity contribution in [1.29, 1.82) is 0 Å². The summed E-state index contributed by atoms with van der Waals surface area (Å²) in [5.41, 5.74) is 3.06. The molecular formula is C25H26O5. The Hall–Kier alpha value is -3.47. The van der Waals surface area contributed by atoms with Crippen molar-refractivity contribution < 1.29 is 19.4 Å². The summed E-state index contributed by atoms with van der Waals surface area (Å²) in [5.74, 6) is 0.704. The largest absolute Gasteiger partial charge is 0.508 e. The van der Waals surface area contributed by atoms with Gasteiger partial charge in [0, 0.05) is 23.8 Å². The molecule has 3 aromatic rings. The molecule has 0 radical (unpaired) electrons. The zero-order chi connectivity index (χ0) is 21.7. The second kappa shape index (κ2) is 9.35. The number of benzene rings is 2. The smallest absolute Gasteiger partial charge is 0.197 e. The number of hydrogen-bond donors (Lipinski definition) is 2. The molecule has 30 heavy (non-hydrogen) atoms. The predicted octanol–water partition coefficient (Wildman–Crippen LogP) is 5.94. The first-order chi connectivity index (χ1) is 14.3. The Labute approximate surface area is 175 Å². The number of phenolic OH excluding ortho intramolecular Hbond substituents is 2. The van der Waals surface area contributed by atoms with Gasteiger partial charge in [-0.15, -0.1) is 0 Å². The zero-order valence-electron chi connectivity index (χ0n) is 17.4. The summed E-state index contributed by atoms with van der Waals surface area (Å²) in [5, 5.41) is 19.9. The van der Waals surface area contributed by atoms with E-state index < -0.39 is 0 Å². The lowest BCUT2D eigenvalue weighted by atomic mass is 10.1. The highest BCUT2D eigenvalue weighted by molar-refractivity contribution is 5.86. The summed E-state index contributed by atoms with van der Waals surface area (Å²) in [6.07, 6.45) is 6.16. The van der Waals surface area contributed by atoms with Crippen molar-refractivity contribution in [3.05, 3.63) is 76.0 Å². The van der Waals surface area contributed by atoms with Gasteiger partial charge in [0.05, 0.1) is 0 Å². The second-order valence-corrected chi connectivity index (χ2v) is 7.52. The molecule has 0 aliphatic heterocycles. The van der Waals surface area contributed by atoms with Crippen molar-refractivity contribution in [2.45, 2.75) is 33.6 Å². The lowest BCUT2D eigenvalue weighted by Crippen LogP contribution is -2.02. The molecule has 0 spiro atoms. The van der Waals surface area contributed by atoms with E-state index in [1.807, 2.05) is 6.08 Å². The van der Waals surface area contributed by atoms with Gasteiger partial charge in [0.25, 0.3) is 0 Å². The molecule has 1 heterocycles. The first-order valence-electron chi connectivity index (χ1n) is 9.85. The van der Waals surface area contributed by atoms with Gasteiger partial charge in [0.1, 0.15) is 40.6 Å². The van der Waals surface area contributed by atoms with E-state index in [2.05, 4.69) is 26.8 Å². The van der Waals surface area contributed by atoms with Crippen LogP contribution in [-0.4, -0.2) is 16.8 Å². The molecule has 0 fully saturated rings. The van der Waals surface area contributed by atoms with Crippen molar-refractivity contribution in [2.75, 3.05) is 6.61 Å². The number of fused-ring (bicyclic) bond motifs is 1. The Morgan fingerprint density at radius 3 is 2.47 bits per heavy atom. The molecule has 0 aliphatic rings. The highest BCUT2D eigenvalue weighted by Crippen LogP contribution is 2.31. The van der Waals surface area contributed by atoms with E-state index in [1.165, 1.54) is 35.4 Å². The van der Waals surface area contributed by atoms with E-state index >= 15 is 0 Å². The number of rotatable bonds is 7. The first-order valence-corrected chi connectivity index (χ1v) is 9.85. The van der Waals surface area contributed by atoms with Crippen LogP contribution in [0, 0.1) is 0 Å². The van der Waals surface area contributed by atoms with E-state index in [-0.39, 0.29) is 27.9 Å². The van der Waals surface area contributed by atoms with Gasteiger partial charge in [0.15, 0.2) is 5.43 Å². The summed E-state index contributed by atoms with van der Waals surface area (Å²) >= 11 is 0. The number of hydrogen-bond acceptors (Lipinski definition) is 5. The van der Waals surface area contributed by atoms with Crippen LogP contribution < -0.4 is 10.2 Å². The normalized spacial score (nSPS) is 11.5. The summed E-state index contributed by atoms with van der Waals surface area (Å²) < 4.78 is 11.6. The fraction of sp³-hybridized carbons (Fsp3) is 0.240. The topological polar surface area (TPSA) is 79.9 Å². The van der Waals surface area contributed by atoms with Crippen LogP contribution in [0.1, 0.15) is 33.6 Å². The fourth-order valence-corrected chi connectivity index (χ4v) is 3.07. The Morgan fingerprint density at radius 2 is 1.77 bits per heavy atom. The Morgan fingerprint density at radius 1 is 1.03 bits per heavy atom. The molecule has 1 aromatic heterocycles. The molecular weight excluding hydrogens is 380 g/mol. The molecule has 2 N–H and O–H groups in total. The zero-order valence-corrected chi connectivity index (χ0v) is 17.4. The molecule has 0 amide bonds. The minimum absolute atomic E-state index is 0.110. The molecule has 0 atom stereocenters. The number of ether oxygens (including phenoxy) is 1. The molecule has 3 rings (SSSR count). The lowest BCUT2D eigenvalue weighted by Gasteiger charge is -2.09. The SMILES string of the molecule is CC(C)=CCC/C(C)=C/COc1cc(O)c2c(=O)cc(-c3ccc(O)cc3)oc2c1. The average molecular weight is 406 g/mol. The van der Waals surface area contributed by atoms with Crippen molar-refractivity contribution >= 4 is 11.0 Å². The van der Waals surface area contributed by atoms with Crippen LogP contribution in [0.2, 0.25) is 0 Å². The Balaban J connectivity index is 1.82. The molecule has 0 bridgehead atoms. The molecule has 0 saturated carbocycles. The van der Waals surface area contributed by atoms with Gasteiger partial charge in [-0.2, -0.15) is 0 Å². The van der Waals surface area contributed by atoms with Crippen LogP contribution in [-0.2, 0) is 0 Å². The third-order valence-electron chi connectivity index (χ3n) is 4.71. The highest BCUT2D eigenvalue weighted by atomic mass is 16.5. The molecule has 0 unspecified atom stereocenters. The monoisotopic (exact) mass is 406 g/mol. The lowest BCUT2D eigenvalue weighted by molar-refractivity contribution is 0.358. The van der Waals surface area contributed by atoms with E-state index in [1.54, 1.807) is 18.2 Å². The van der Waals surface area contributed by atoms with Gasteiger partial charge in [-0.05, 0) is 64.0 Å². The summed E-state index contributed by atoms with van der Waals surface area (Å²) in [4.78, 5) is 12.5. The maximum Gasteiger partial charge on any atom is 0.197 e. The Kier molecular flexibility index (Phi) is 6.62. The van der Waals surface area contributed by atoms with Crippen molar-refractivity contribution in [1.82, 2.24) is 0 Å². The number of aromatic hydroxyl groups is 2. The van der Waals surface area contributed by atoms with Crippen LogP contribution in [0.15, 0.2) is 75.0 Å². The van der Waals surface area contributed by atoms with E-state index in [0.717, 1.165) is 12.8 Å². The summed E-state index contributed by atoms with van der Waals surface area (Å²) in [6, 6.07) is 10.7. The average Bonchev–Trinajstić information content (AvgIpc) is 2.67. The molecule has 5 nitrogen and oxygen atoms in total. The van der Waals surface area contributed by atoms with Gasteiger partial charge in [0.2, 0.25) is 0 Å². The summed E-state index contributed by atoms with van der Waals surface area (Å²) in [6.45, 7) is 6.58. The first kappa shape index (κ1) is 21.2. The van der Waals surface area contributed by atoms with Crippen LogP contribution in [0.4, 0.5) is 0 Å². The van der Waals surface area contributed by atoms with Crippen molar-refractivity contribution in [3.63, 3.8) is 0 Å². The maximum atomic E-state index is 12.5. The number of phenols is 2. The highest BCUT2D eigenvalue weighted by Gasteiger charge is 2.13. The van der Waals surface area contributed by atoms with Gasteiger partial charge in [-0.3, -0.25) is 4.79 Å². The van der Waals surface area contributed by atoms with Crippen LogP contribution in [0.5, 0.6) is 17.2 Å². The van der Waals surface area contributed by atoms with E-state index in [9.17, 15) is 15.0 Å². The fourth-order valence-electron chi connectivity index (χ4n) is 3.07. The third kappa shape index (κ3) is 5.32. The van der Waals surface area contributed by atoms with Gasteiger partial charge < -0.3 is 19.4 Å². The standard InChI is InChI=1S/C25H26O5/c1-16(2)5-4-6-17(3)11-12-29-20-13-21(27)25-22(28)15-23(30-24(25)14-20)18-7-9-19(26)10-8-18/h5,7-11,13-15,26-27H,4,6,12H2,1-3H3/b17-11+. The number of allylic oxidation sites excluding steroid dienone is 3. The van der Waals surface area contributed by atoms with Gasteiger partial charge in [-0.1, -0.05) is 17.2 Å². The molecule has 156 valence electrons. The molecule has 5 heteroatoms. The Bertz CT molecular complexity index is 1150. The molecule has 0 aliphatic carbocycles. The predicted molar refractivity (Wildman–Crippen MR) is 119 cm³/mol. The van der Waals surface area contributed by atoms with E-state index in [4.69, 9.17) is 9.15 Å². The van der Waals surface area contributed by atoms with Crippen LogP contribution >= 0.6 is 0 Å². The minimum atomic E-state index is -0.349. The van der Waals surface area contributed by atoms with Gasteiger partial charge >= 0.3 is 0 Å². The quantitative estimate of drug-likeness (QED) is 0.475. The van der Waals surface area contributed by atoms with Gasteiger partial charge in [-0.25, -0.2) is 0 Å². The molecule has 0 saturated heterocycles.